The summed E-state index contributed by atoms with van der Waals surface area (Å²) in [6.07, 6.45) is 1.62. The molecule has 0 spiro atoms. The van der Waals surface area contributed by atoms with Crippen LogP contribution < -0.4 is 9.47 Å². The van der Waals surface area contributed by atoms with Crippen LogP contribution in [-0.2, 0) is 22.5 Å². The number of amides is 1. The van der Waals surface area contributed by atoms with E-state index in [1.54, 1.807) is 0 Å². The van der Waals surface area contributed by atoms with Gasteiger partial charge in [-0.2, -0.15) is 5.10 Å². The number of fused-ring (bicyclic) bond motifs is 2. The first-order valence-electron chi connectivity index (χ1n) is 8.62. The van der Waals surface area contributed by atoms with Gasteiger partial charge in [0.05, 0.1) is 18.2 Å². The van der Waals surface area contributed by atoms with Crippen molar-refractivity contribution < 1.29 is 19.0 Å². The first kappa shape index (κ1) is 14.8. The van der Waals surface area contributed by atoms with Crippen LogP contribution in [0.15, 0.2) is 18.2 Å². The van der Waals surface area contributed by atoms with Crippen LogP contribution in [0.1, 0.15) is 17.7 Å². The fraction of sp³-hybridized carbons (Fsp3) is 0.444. The van der Waals surface area contributed by atoms with Gasteiger partial charge in [0.25, 0.3) is 0 Å². The second-order valence-corrected chi connectivity index (χ2v) is 6.67. The van der Waals surface area contributed by atoms with Crippen LogP contribution in [0.25, 0.3) is 11.3 Å². The maximum Gasteiger partial charge on any atom is 0.231 e. The van der Waals surface area contributed by atoms with Gasteiger partial charge in [0.15, 0.2) is 11.5 Å². The molecule has 7 nitrogen and oxygen atoms in total. The Morgan fingerprint density at radius 3 is 3.08 bits per heavy atom. The maximum absolute atomic E-state index is 12.7. The van der Waals surface area contributed by atoms with Gasteiger partial charge in [-0.1, -0.05) is 0 Å². The van der Waals surface area contributed by atoms with Crippen LogP contribution in [0.5, 0.6) is 11.5 Å². The normalized spacial score (nSPS) is 21.4. The lowest BCUT2D eigenvalue weighted by Gasteiger charge is -2.29. The number of H-pyrrole nitrogens is 1. The number of nitrogens with one attached hydrogen (secondary N) is 1. The minimum atomic E-state index is 0.00226. The first-order valence-corrected chi connectivity index (χ1v) is 8.62. The summed E-state index contributed by atoms with van der Waals surface area (Å²) in [4.78, 5) is 14.7. The van der Waals surface area contributed by atoms with Crippen molar-refractivity contribution in [2.75, 3.05) is 26.6 Å². The lowest BCUT2D eigenvalue weighted by molar-refractivity contribution is -0.136. The number of carbonyl (C=O) groups is 1. The third-order valence-electron chi connectivity index (χ3n) is 5.17. The van der Waals surface area contributed by atoms with E-state index >= 15 is 0 Å². The van der Waals surface area contributed by atoms with Crippen LogP contribution in [0.4, 0.5) is 0 Å². The minimum Gasteiger partial charge on any atom is -0.454 e. The van der Waals surface area contributed by atoms with Crippen molar-refractivity contribution in [3.8, 4) is 22.8 Å². The van der Waals surface area contributed by atoms with Gasteiger partial charge in [-0.3, -0.25) is 9.89 Å². The number of nitrogens with zero attached hydrogens (tertiary/aromatic N) is 2. The molecular weight excluding hydrogens is 322 g/mol. The van der Waals surface area contributed by atoms with Gasteiger partial charge in [-0.25, -0.2) is 0 Å². The van der Waals surface area contributed by atoms with Crippen molar-refractivity contribution in [3.63, 3.8) is 0 Å². The number of benzene rings is 1. The van der Waals surface area contributed by atoms with Gasteiger partial charge in [0.1, 0.15) is 0 Å². The third-order valence-corrected chi connectivity index (χ3v) is 5.17. The molecule has 0 aliphatic carbocycles. The molecule has 0 unspecified atom stereocenters. The molecule has 1 N–H and O–H groups in total. The number of rotatable bonds is 2. The Bertz CT molecular complexity index is 826. The van der Waals surface area contributed by atoms with Crippen molar-refractivity contribution in [3.05, 3.63) is 29.5 Å². The van der Waals surface area contributed by atoms with E-state index in [1.165, 1.54) is 0 Å². The monoisotopic (exact) mass is 341 g/mol. The zero-order valence-corrected chi connectivity index (χ0v) is 13.8. The Hall–Kier alpha value is -2.54. The van der Waals surface area contributed by atoms with Crippen LogP contribution in [0.2, 0.25) is 0 Å². The standard InChI is InChI=1S/C18H19N3O4/c22-18(12-4-6-23-9-12)21-5-3-14-13(8-21)17(20-19-14)11-1-2-15-16(7-11)25-10-24-15/h1-2,7,12H,3-6,8-10H2,(H,19,20)/t12-/m0/s1. The Labute approximate surface area is 144 Å². The van der Waals surface area contributed by atoms with Crippen LogP contribution >= 0.6 is 0 Å². The molecule has 1 saturated heterocycles. The van der Waals surface area contributed by atoms with Gasteiger partial charge < -0.3 is 19.1 Å². The summed E-state index contributed by atoms with van der Waals surface area (Å²) in [5.41, 5.74) is 4.06. The number of hydrogen-bond donors (Lipinski definition) is 1. The van der Waals surface area contributed by atoms with Crippen molar-refractivity contribution in [1.29, 1.82) is 0 Å². The van der Waals surface area contributed by atoms with Crippen molar-refractivity contribution in [1.82, 2.24) is 15.1 Å². The number of aromatic amines is 1. The summed E-state index contributed by atoms with van der Waals surface area (Å²) >= 11 is 0. The molecule has 1 aromatic heterocycles. The molecule has 7 heteroatoms. The lowest BCUT2D eigenvalue weighted by Crippen LogP contribution is -2.40. The maximum atomic E-state index is 12.7. The van der Waals surface area contributed by atoms with E-state index < -0.39 is 0 Å². The van der Waals surface area contributed by atoms with Gasteiger partial charge in [0.2, 0.25) is 12.7 Å². The van der Waals surface area contributed by atoms with Crippen molar-refractivity contribution in [2.45, 2.75) is 19.4 Å². The van der Waals surface area contributed by atoms with Crippen LogP contribution in [0, 0.1) is 5.92 Å². The number of ether oxygens (including phenoxy) is 3. The molecule has 3 aliphatic heterocycles. The third kappa shape index (κ3) is 2.46. The SMILES string of the molecule is O=C([C@H]1CCOC1)N1CCc2[nH]nc(-c3ccc4c(c3)OCO4)c2C1. The quantitative estimate of drug-likeness (QED) is 0.900. The number of aromatic nitrogens is 2. The second-order valence-electron chi connectivity index (χ2n) is 6.67. The van der Waals surface area contributed by atoms with Crippen LogP contribution in [-0.4, -0.2) is 47.6 Å². The second kappa shape index (κ2) is 5.77. The number of hydrogen-bond acceptors (Lipinski definition) is 5. The molecule has 4 heterocycles. The zero-order chi connectivity index (χ0) is 16.8. The summed E-state index contributed by atoms with van der Waals surface area (Å²) < 4.78 is 16.2. The summed E-state index contributed by atoms with van der Waals surface area (Å²) in [6.45, 7) is 2.80. The topological polar surface area (TPSA) is 76.7 Å². The average Bonchev–Trinajstić information content (AvgIpc) is 3.39. The molecule has 0 bridgehead atoms. The highest BCUT2D eigenvalue weighted by molar-refractivity contribution is 5.80. The molecule has 1 fully saturated rings. The smallest absolute Gasteiger partial charge is 0.231 e. The highest BCUT2D eigenvalue weighted by Gasteiger charge is 2.32. The fourth-order valence-corrected chi connectivity index (χ4v) is 3.75. The lowest BCUT2D eigenvalue weighted by atomic mass is 9.99. The highest BCUT2D eigenvalue weighted by atomic mass is 16.7. The molecule has 2 aromatic rings. The summed E-state index contributed by atoms with van der Waals surface area (Å²) in [6, 6.07) is 5.83. The average molecular weight is 341 g/mol. The Balaban J connectivity index is 1.43. The Morgan fingerprint density at radius 2 is 2.20 bits per heavy atom. The van der Waals surface area contributed by atoms with E-state index in [0.717, 1.165) is 53.4 Å². The van der Waals surface area contributed by atoms with E-state index in [9.17, 15) is 4.79 Å². The molecular formula is C18H19N3O4. The molecule has 3 aliphatic rings. The zero-order valence-electron chi connectivity index (χ0n) is 13.8. The largest absolute Gasteiger partial charge is 0.454 e. The Kier molecular flexibility index (Phi) is 3.41. The van der Waals surface area contributed by atoms with Crippen molar-refractivity contribution in [2.24, 2.45) is 5.92 Å². The van der Waals surface area contributed by atoms with E-state index in [4.69, 9.17) is 14.2 Å². The molecule has 130 valence electrons. The predicted molar refractivity (Wildman–Crippen MR) is 88.2 cm³/mol. The van der Waals surface area contributed by atoms with Gasteiger partial charge >= 0.3 is 0 Å². The van der Waals surface area contributed by atoms with Gasteiger partial charge in [-0.05, 0) is 24.6 Å². The summed E-state index contributed by atoms with van der Waals surface area (Å²) in [5, 5.41) is 7.64. The van der Waals surface area contributed by atoms with Crippen molar-refractivity contribution >= 4 is 5.91 Å². The van der Waals surface area contributed by atoms with Gasteiger partial charge in [0, 0.05) is 42.9 Å². The molecule has 1 amide bonds. The minimum absolute atomic E-state index is 0.00226. The molecule has 1 atom stereocenters. The first-order chi connectivity index (χ1) is 12.3. The summed E-state index contributed by atoms with van der Waals surface area (Å²) in [5.74, 6) is 1.69. The van der Waals surface area contributed by atoms with E-state index in [0.29, 0.717) is 19.8 Å². The fourth-order valence-electron chi connectivity index (χ4n) is 3.75. The van der Waals surface area contributed by atoms with E-state index in [-0.39, 0.29) is 18.6 Å². The van der Waals surface area contributed by atoms with Gasteiger partial charge in [-0.15, -0.1) is 0 Å². The summed E-state index contributed by atoms with van der Waals surface area (Å²) in [7, 11) is 0. The Morgan fingerprint density at radius 1 is 1.28 bits per heavy atom. The molecule has 5 rings (SSSR count). The van der Waals surface area contributed by atoms with E-state index in [2.05, 4.69) is 10.2 Å². The highest BCUT2D eigenvalue weighted by Crippen LogP contribution is 2.37. The molecule has 0 radical (unpaired) electrons. The predicted octanol–water partition coefficient (Wildman–Crippen LogP) is 1.73. The van der Waals surface area contributed by atoms with Crippen LogP contribution in [0.3, 0.4) is 0 Å². The molecule has 1 aromatic carbocycles. The number of carbonyl (C=O) groups excluding carboxylic acids is 1. The van der Waals surface area contributed by atoms with E-state index in [1.807, 2.05) is 23.1 Å². The molecule has 25 heavy (non-hydrogen) atoms. The molecule has 0 saturated carbocycles.